The summed E-state index contributed by atoms with van der Waals surface area (Å²) < 4.78 is 42.4. The molecule has 0 aromatic carbocycles. The average Bonchev–Trinajstić information content (AvgIpc) is 2.82. The van der Waals surface area contributed by atoms with Crippen molar-refractivity contribution in [3.63, 3.8) is 0 Å². The minimum Gasteiger partial charge on any atom is -0.462 e. The summed E-state index contributed by atoms with van der Waals surface area (Å²) in [6.07, 6.45) is -3.52. The molecule has 0 aromatic heterocycles. The van der Waals surface area contributed by atoms with Gasteiger partial charge in [-0.25, -0.2) is 14.0 Å². The first-order valence-electron chi connectivity index (χ1n) is 9.25. The normalized spacial score (nSPS) is 32.4. The van der Waals surface area contributed by atoms with Crippen molar-refractivity contribution < 1.29 is 47.3 Å². The van der Waals surface area contributed by atoms with Crippen molar-refractivity contribution in [2.45, 2.75) is 70.4 Å². The van der Waals surface area contributed by atoms with E-state index in [2.05, 4.69) is 5.09 Å². The van der Waals surface area contributed by atoms with Crippen LogP contribution in [0.15, 0.2) is 12.3 Å². The number of alkyl halides is 1. The van der Waals surface area contributed by atoms with Crippen LogP contribution in [0.25, 0.3) is 0 Å². The molecule has 0 saturated carbocycles. The summed E-state index contributed by atoms with van der Waals surface area (Å²) in [5.74, 6) is -1.94. The lowest BCUT2D eigenvalue weighted by Gasteiger charge is -2.32. The van der Waals surface area contributed by atoms with Crippen molar-refractivity contribution in [3.8, 4) is 0 Å². The number of carbonyl (C=O) groups excluding carboxylic acids is 3. The molecule has 2 heterocycles. The second kappa shape index (κ2) is 9.21. The quantitative estimate of drug-likeness (QED) is 0.264. The molecule has 30 heavy (non-hydrogen) atoms. The number of halogens is 1. The van der Waals surface area contributed by atoms with Crippen LogP contribution in [0.1, 0.15) is 34.1 Å². The predicted molar refractivity (Wildman–Crippen MR) is 99.4 cm³/mol. The van der Waals surface area contributed by atoms with E-state index in [-0.39, 0.29) is 0 Å². The van der Waals surface area contributed by atoms with Crippen LogP contribution in [-0.4, -0.2) is 75.4 Å². The lowest BCUT2D eigenvalue weighted by Crippen LogP contribution is -2.51. The third-order valence-corrected chi connectivity index (χ3v) is 5.69. The van der Waals surface area contributed by atoms with Gasteiger partial charge in [-0.05, 0) is 33.8 Å². The zero-order valence-corrected chi connectivity index (χ0v) is 17.9. The molecule has 11 nitrogen and oxygen atoms in total. The van der Waals surface area contributed by atoms with Crippen molar-refractivity contribution in [1.29, 1.82) is 0 Å². The minimum atomic E-state index is -4.54. The summed E-state index contributed by atoms with van der Waals surface area (Å²) in [7, 11) is -4.54. The van der Waals surface area contributed by atoms with Crippen LogP contribution in [0, 0.1) is 0 Å². The molecular formula is C17H26FN2O9P. The number of hydrogen-bond acceptors (Lipinski definition) is 8. The Morgan fingerprint density at radius 3 is 2.67 bits per heavy atom. The number of ketones is 1. The van der Waals surface area contributed by atoms with Gasteiger partial charge in [0.25, 0.3) is 0 Å². The van der Waals surface area contributed by atoms with Gasteiger partial charge in [0, 0.05) is 6.20 Å². The maximum absolute atomic E-state index is 15.1. The molecule has 0 radical (unpaired) electrons. The van der Waals surface area contributed by atoms with Gasteiger partial charge in [0.2, 0.25) is 5.91 Å². The lowest BCUT2D eigenvalue weighted by molar-refractivity contribution is -0.150. The fourth-order valence-electron chi connectivity index (χ4n) is 2.95. The zero-order chi connectivity index (χ0) is 22.9. The standard InChI is InChI=1S/C17H26FN2O9P/c1-9(2)28-15(24)10(3)19-30(25,26)27-8-12-14(23)17(4,18)16(29-12)20-6-5-11(21)7-13(20)22/h5-6,9-10,12,14,16,23H,7-8H2,1-4H3,(H2,19,25,26)/t10-,12+,14+,16+,17+/m0/s1. The molecular weight excluding hydrogens is 426 g/mol. The zero-order valence-electron chi connectivity index (χ0n) is 17.0. The van der Waals surface area contributed by atoms with Crippen LogP contribution in [0.2, 0.25) is 0 Å². The third kappa shape index (κ3) is 5.71. The van der Waals surface area contributed by atoms with Gasteiger partial charge in [0.05, 0.1) is 19.1 Å². The fourth-order valence-corrected chi connectivity index (χ4v) is 3.97. The van der Waals surface area contributed by atoms with Crippen molar-refractivity contribution in [2.24, 2.45) is 0 Å². The third-order valence-electron chi connectivity index (χ3n) is 4.48. The van der Waals surface area contributed by atoms with Gasteiger partial charge in [-0.2, -0.15) is 0 Å². The van der Waals surface area contributed by atoms with Crippen molar-refractivity contribution in [1.82, 2.24) is 9.99 Å². The van der Waals surface area contributed by atoms with E-state index in [9.17, 15) is 28.9 Å². The number of esters is 1. The minimum absolute atomic E-state index is 0.427. The van der Waals surface area contributed by atoms with Crippen molar-refractivity contribution in [2.75, 3.05) is 6.61 Å². The van der Waals surface area contributed by atoms with Crippen molar-refractivity contribution >= 4 is 25.4 Å². The highest BCUT2D eigenvalue weighted by molar-refractivity contribution is 7.50. The van der Waals surface area contributed by atoms with Crippen LogP contribution in [-0.2, 0) is 32.9 Å². The van der Waals surface area contributed by atoms with Gasteiger partial charge in [-0.15, -0.1) is 0 Å². The Hall–Kier alpha value is -1.69. The molecule has 1 amide bonds. The highest BCUT2D eigenvalue weighted by Crippen LogP contribution is 2.42. The van der Waals surface area contributed by atoms with Gasteiger partial charge in [0.1, 0.15) is 18.2 Å². The van der Waals surface area contributed by atoms with Crippen LogP contribution in [0.4, 0.5) is 4.39 Å². The highest BCUT2D eigenvalue weighted by Gasteiger charge is 2.57. The van der Waals surface area contributed by atoms with E-state index >= 15 is 4.39 Å². The largest absolute Gasteiger partial charge is 0.462 e. The molecule has 3 N–H and O–H groups in total. The van der Waals surface area contributed by atoms with Gasteiger partial charge < -0.3 is 19.5 Å². The summed E-state index contributed by atoms with van der Waals surface area (Å²) in [6.45, 7) is 4.80. The van der Waals surface area contributed by atoms with Crippen LogP contribution < -0.4 is 5.09 Å². The van der Waals surface area contributed by atoms with Gasteiger partial charge in [-0.3, -0.25) is 23.8 Å². The van der Waals surface area contributed by atoms with Gasteiger partial charge in [0.15, 0.2) is 17.7 Å². The first-order chi connectivity index (χ1) is 13.7. The number of rotatable bonds is 8. The van der Waals surface area contributed by atoms with Crippen LogP contribution in [0.3, 0.4) is 0 Å². The van der Waals surface area contributed by atoms with E-state index in [0.717, 1.165) is 24.1 Å². The monoisotopic (exact) mass is 452 g/mol. The van der Waals surface area contributed by atoms with E-state index in [1.807, 2.05) is 0 Å². The number of allylic oxidation sites excluding steroid dienone is 1. The Kier molecular flexibility index (Phi) is 7.54. The van der Waals surface area contributed by atoms with E-state index < -0.39 is 74.7 Å². The smallest absolute Gasteiger partial charge is 0.403 e. The molecule has 2 aliphatic heterocycles. The van der Waals surface area contributed by atoms with E-state index in [4.69, 9.17) is 14.0 Å². The molecule has 0 bridgehead atoms. The highest BCUT2D eigenvalue weighted by atomic mass is 31.2. The first-order valence-corrected chi connectivity index (χ1v) is 10.8. The summed E-state index contributed by atoms with van der Waals surface area (Å²) >= 11 is 0. The number of nitrogens with one attached hydrogen (secondary N) is 1. The van der Waals surface area contributed by atoms with Gasteiger partial charge >= 0.3 is 13.7 Å². The van der Waals surface area contributed by atoms with Crippen molar-refractivity contribution in [3.05, 3.63) is 12.3 Å². The summed E-state index contributed by atoms with van der Waals surface area (Å²) in [6, 6.07) is -1.18. The number of amides is 1. The SMILES string of the molecule is CC(C)OC(=O)[C@H](C)NP(=O)(O)OC[C@H]1O[C@@H](N2C=CC(=O)CC2=O)[C@](C)(F)[C@@H]1O. The molecule has 13 heteroatoms. The molecule has 1 unspecified atom stereocenters. The Morgan fingerprint density at radius 1 is 1.47 bits per heavy atom. The summed E-state index contributed by atoms with van der Waals surface area (Å²) in [5.41, 5.74) is -2.45. The van der Waals surface area contributed by atoms with Gasteiger partial charge in [-0.1, -0.05) is 0 Å². The Balaban J connectivity index is 2.01. The van der Waals surface area contributed by atoms with E-state index in [1.165, 1.54) is 6.92 Å². The molecule has 1 fully saturated rings. The molecule has 0 spiro atoms. The topological polar surface area (TPSA) is 152 Å². The fraction of sp³-hybridized carbons (Fsp3) is 0.706. The Bertz CT molecular complexity index is 772. The lowest BCUT2D eigenvalue weighted by atomic mass is 9.97. The van der Waals surface area contributed by atoms with E-state index in [1.54, 1.807) is 13.8 Å². The maximum atomic E-state index is 15.1. The average molecular weight is 452 g/mol. The molecule has 0 aromatic rings. The molecule has 0 aliphatic carbocycles. The number of ether oxygens (including phenoxy) is 2. The predicted octanol–water partition coefficient (Wildman–Crippen LogP) is 0.162. The Labute approximate surface area is 172 Å². The van der Waals surface area contributed by atoms with Crippen LogP contribution >= 0.6 is 7.75 Å². The van der Waals surface area contributed by atoms with Crippen LogP contribution in [0.5, 0.6) is 0 Å². The summed E-state index contributed by atoms with van der Waals surface area (Å²) in [5, 5.41) is 12.3. The second-order valence-electron chi connectivity index (χ2n) is 7.54. The number of carbonyl (C=O) groups is 3. The molecule has 170 valence electrons. The maximum Gasteiger partial charge on any atom is 0.403 e. The molecule has 2 rings (SSSR count). The Morgan fingerprint density at radius 2 is 2.10 bits per heavy atom. The number of aliphatic hydroxyl groups excluding tert-OH is 1. The first kappa shape index (κ1) is 24.6. The van der Waals surface area contributed by atoms with E-state index in [0.29, 0.717) is 0 Å². The molecule has 2 aliphatic rings. The number of hydrogen-bond donors (Lipinski definition) is 3. The molecule has 1 saturated heterocycles. The number of aliphatic hydroxyl groups is 1. The second-order valence-corrected chi connectivity index (χ2v) is 9.09. The molecule has 6 atom stereocenters. The number of nitrogens with zero attached hydrogens (tertiary/aromatic N) is 1. The summed E-state index contributed by atoms with van der Waals surface area (Å²) in [4.78, 5) is 45.8.